The van der Waals surface area contributed by atoms with Crippen LogP contribution in [0.25, 0.3) is 0 Å². The fourth-order valence-corrected chi connectivity index (χ4v) is 0.631. The first kappa shape index (κ1) is 14.4. The Morgan fingerprint density at radius 3 is 1.36 bits per heavy atom. The Kier molecular flexibility index (Phi) is 17.5. The average molecular weight is 169 g/mol. The molecule has 0 aliphatic heterocycles. The zero-order valence-electron chi connectivity index (χ0n) is 7.40. The average Bonchev–Trinajstić information content (AvgIpc) is 1.97. The summed E-state index contributed by atoms with van der Waals surface area (Å²) >= 11 is 0. The third-order valence-electron chi connectivity index (χ3n) is 1.12. The van der Waals surface area contributed by atoms with E-state index in [1.807, 2.05) is 0 Å². The maximum Gasteiger partial charge on any atom is 0.00772 e. The molecule has 0 amide bonds. The van der Waals surface area contributed by atoms with Gasteiger partial charge in [-0.25, -0.2) is 0 Å². The number of hydrogen-bond acceptors (Lipinski definition) is 4. The van der Waals surface area contributed by atoms with Crippen LogP contribution in [0, 0.1) is 0 Å². The molecule has 0 atom stereocenters. The topological polar surface area (TPSA) is 76.1 Å². The monoisotopic (exact) mass is 169 g/mol. The predicted molar refractivity (Wildman–Crippen MR) is 49.6 cm³/mol. The van der Waals surface area contributed by atoms with E-state index in [0.29, 0.717) is 13.1 Å². The Morgan fingerprint density at radius 1 is 0.727 bits per heavy atom. The molecule has 0 rings (SSSR count). The molecular weight excluding hydrogens is 151 g/mol. The standard InChI is InChI=1S/C6H18N4.Na/c7-1-3-9-5-6-10-4-2-8;/h9-10H,1-8H2;. The van der Waals surface area contributed by atoms with Crippen LogP contribution in [0.2, 0.25) is 0 Å². The molecule has 0 aromatic carbocycles. The van der Waals surface area contributed by atoms with E-state index in [4.69, 9.17) is 11.5 Å². The summed E-state index contributed by atoms with van der Waals surface area (Å²) in [6.07, 6.45) is 0. The maximum atomic E-state index is 5.27. The zero-order chi connectivity index (χ0) is 7.66. The molecule has 0 aromatic heterocycles. The molecule has 0 unspecified atom stereocenters. The molecule has 6 N–H and O–H groups in total. The second-order valence-corrected chi connectivity index (χ2v) is 2.08. The van der Waals surface area contributed by atoms with Gasteiger partial charge in [-0.1, -0.05) is 0 Å². The van der Waals surface area contributed by atoms with Crippen molar-refractivity contribution in [2.24, 2.45) is 11.5 Å². The number of rotatable bonds is 7. The van der Waals surface area contributed by atoms with E-state index in [0.717, 1.165) is 26.2 Å². The summed E-state index contributed by atoms with van der Waals surface area (Å²) in [4.78, 5) is 0. The Balaban J connectivity index is 0. The predicted octanol–water partition coefficient (Wildman–Crippen LogP) is -2.30. The molecule has 0 bridgehead atoms. The third-order valence-corrected chi connectivity index (χ3v) is 1.12. The van der Waals surface area contributed by atoms with E-state index in [1.54, 1.807) is 0 Å². The van der Waals surface area contributed by atoms with E-state index in [-0.39, 0.29) is 29.6 Å². The van der Waals surface area contributed by atoms with Crippen molar-refractivity contribution in [1.82, 2.24) is 10.6 Å². The Labute approximate surface area is 90.8 Å². The van der Waals surface area contributed by atoms with Gasteiger partial charge in [-0.2, -0.15) is 0 Å². The fourth-order valence-electron chi connectivity index (χ4n) is 0.631. The van der Waals surface area contributed by atoms with Gasteiger partial charge in [-0.15, -0.1) is 0 Å². The maximum absolute atomic E-state index is 5.27. The summed E-state index contributed by atoms with van der Waals surface area (Å²) in [5, 5.41) is 6.33. The van der Waals surface area contributed by atoms with Crippen LogP contribution in [-0.2, 0) is 0 Å². The van der Waals surface area contributed by atoms with Crippen LogP contribution in [0.5, 0.6) is 0 Å². The molecule has 5 heteroatoms. The SMILES string of the molecule is NCCNCCNCCN.[Na]. The minimum Gasteiger partial charge on any atom is -0.329 e. The van der Waals surface area contributed by atoms with Crippen molar-refractivity contribution < 1.29 is 0 Å². The van der Waals surface area contributed by atoms with E-state index in [1.165, 1.54) is 0 Å². The third kappa shape index (κ3) is 13.8. The van der Waals surface area contributed by atoms with Gasteiger partial charge in [-0.3, -0.25) is 0 Å². The fraction of sp³-hybridized carbons (Fsp3) is 1.00. The summed E-state index contributed by atoms with van der Waals surface area (Å²) in [6.45, 7) is 5.14. The van der Waals surface area contributed by atoms with Crippen molar-refractivity contribution in [3.63, 3.8) is 0 Å². The molecule has 4 nitrogen and oxygen atoms in total. The molecule has 0 fully saturated rings. The molecule has 63 valence electrons. The Bertz CT molecular complexity index is 54.5. The minimum atomic E-state index is 0. The van der Waals surface area contributed by atoms with Gasteiger partial charge < -0.3 is 22.1 Å². The summed E-state index contributed by atoms with van der Waals surface area (Å²) in [6, 6.07) is 0. The van der Waals surface area contributed by atoms with Crippen molar-refractivity contribution in [1.29, 1.82) is 0 Å². The molecule has 0 saturated heterocycles. The van der Waals surface area contributed by atoms with Gasteiger partial charge in [-0.05, 0) is 0 Å². The molecule has 0 saturated carbocycles. The molecule has 11 heavy (non-hydrogen) atoms. The van der Waals surface area contributed by atoms with Crippen LogP contribution in [0.15, 0.2) is 0 Å². The van der Waals surface area contributed by atoms with Crippen LogP contribution >= 0.6 is 0 Å². The molecule has 0 aliphatic carbocycles. The first-order chi connectivity index (χ1) is 4.91. The molecule has 1 radical (unpaired) electrons. The van der Waals surface area contributed by atoms with E-state index >= 15 is 0 Å². The van der Waals surface area contributed by atoms with Crippen LogP contribution < -0.4 is 22.1 Å². The van der Waals surface area contributed by atoms with Crippen LogP contribution in [-0.4, -0.2) is 68.8 Å². The molecule has 0 aromatic rings. The van der Waals surface area contributed by atoms with E-state index < -0.39 is 0 Å². The number of hydrogen-bond donors (Lipinski definition) is 4. The van der Waals surface area contributed by atoms with Gasteiger partial charge in [0.05, 0.1) is 0 Å². The van der Waals surface area contributed by atoms with Gasteiger partial charge in [0.1, 0.15) is 0 Å². The summed E-state index contributed by atoms with van der Waals surface area (Å²) in [5.41, 5.74) is 10.5. The van der Waals surface area contributed by atoms with Crippen molar-refractivity contribution in [3.05, 3.63) is 0 Å². The molecule has 0 heterocycles. The molecular formula is C6H18N4Na. The summed E-state index contributed by atoms with van der Waals surface area (Å²) < 4.78 is 0. The number of nitrogens with two attached hydrogens (primary N) is 2. The Morgan fingerprint density at radius 2 is 1.09 bits per heavy atom. The molecule has 0 aliphatic rings. The quantitative estimate of drug-likeness (QED) is 0.255. The second kappa shape index (κ2) is 13.4. The van der Waals surface area contributed by atoms with Gasteiger partial charge in [0.25, 0.3) is 0 Å². The van der Waals surface area contributed by atoms with Crippen molar-refractivity contribution in [2.45, 2.75) is 0 Å². The summed E-state index contributed by atoms with van der Waals surface area (Å²) in [5.74, 6) is 0. The Hall–Kier alpha value is 0.840. The summed E-state index contributed by atoms with van der Waals surface area (Å²) in [7, 11) is 0. The second-order valence-electron chi connectivity index (χ2n) is 2.08. The van der Waals surface area contributed by atoms with Crippen molar-refractivity contribution in [3.8, 4) is 0 Å². The molecule has 0 spiro atoms. The van der Waals surface area contributed by atoms with Crippen LogP contribution in [0.4, 0.5) is 0 Å². The number of nitrogens with one attached hydrogen (secondary N) is 2. The normalized spacial score (nSPS) is 9.27. The first-order valence-corrected chi connectivity index (χ1v) is 3.73. The van der Waals surface area contributed by atoms with Crippen molar-refractivity contribution >= 4 is 29.6 Å². The minimum absolute atomic E-state index is 0. The smallest absolute Gasteiger partial charge is 0.00772 e. The van der Waals surface area contributed by atoms with Gasteiger partial charge >= 0.3 is 0 Å². The first-order valence-electron chi connectivity index (χ1n) is 3.73. The van der Waals surface area contributed by atoms with E-state index in [9.17, 15) is 0 Å². The van der Waals surface area contributed by atoms with Crippen LogP contribution in [0.1, 0.15) is 0 Å². The largest absolute Gasteiger partial charge is 0.329 e. The van der Waals surface area contributed by atoms with Gasteiger partial charge in [0.15, 0.2) is 0 Å². The van der Waals surface area contributed by atoms with Gasteiger partial charge in [0.2, 0.25) is 0 Å². The van der Waals surface area contributed by atoms with Crippen molar-refractivity contribution in [2.75, 3.05) is 39.3 Å². The van der Waals surface area contributed by atoms with Gasteiger partial charge in [0, 0.05) is 68.8 Å². The van der Waals surface area contributed by atoms with Crippen LogP contribution in [0.3, 0.4) is 0 Å². The zero-order valence-corrected chi connectivity index (χ0v) is 9.40. The van der Waals surface area contributed by atoms with E-state index in [2.05, 4.69) is 10.6 Å².